The molecule has 2 rings (SSSR count). The van der Waals surface area contributed by atoms with E-state index in [1.54, 1.807) is 18.2 Å². The molecule has 0 saturated heterocycles. The maximum atomic E-state index is 13.8. The first kappa shape index (κ1) is 14.9. The van der Waals surface area contributed by atoms with Gasteiger partial charge in [-0.3, -0.25) is 4.21 Å². The zero-order valence-electron chi connectivity index (χ0n) is 11.5. The van der Waals surface area contributed by atoms with Crippen LogP contribution in [-0.4, -0.2) is 16.5 Å². The van der Waals surface area contributed by atoms with Crippen LogP contribution in [0.4, 0.5) is 4.39 Å². The molecule has 0 aliphatic heterocycles. The first-order valence-corrected chi connectivity index (χ1v) is 7.73. The number of rotatable bonds is 5. The molecular formula is C16H18FNOS. The molecule has 3 atom stereocenters. The number of hydrogen-bond acceptors (Lipinski definition) is 2. The van der Waals surface area contributed by atoms with Crippen LogP contribution >= 0.6 is 0 Å². The third-order valence-electron chi connectivity index (χ3n) is 3.33. The predicted octanol–water partition coefficient (Wildman–Crippen LogP) is 3.28. The average Bonchev–Trinajstić information content (AvgIpc) is 2.49. The SMILES string of the molecule is CNC(c1ccccc1)C(C)S(=O)c1ccccc1F. The summed E-state index contributed by atoms with van der Waals surface area (Å²) in [6.45, 7) is 1.87. The molecule has 0 bridgehead atoms. The van der Waals surface area contributed by atoms with Crippen molar-refractivity contribution in [3.05, 3.63) is 66.0 Å². The van der Waals surface area contributed by atoms with Gasteiger partial charge in [0.1, 0.15) is 5.82 Å². The van der Waals surface area contributed by atoms with Gasteiger partial charge >= 0.3 is 0 Å². The number of halogens is 1. The van der Waals surface area contributed by atoms with Gasteiger partial charge < -0.3 is 5.32 Å². The molecule has 0 radical (unpaired) electrons. The Labute approximate surface area is 121 Å². The van der Waals surface area contributed by atoms with E-state index in [1.807, 2.05) is 44.3 Å². The van der Waals surface area contributed by atoms with Gasteiger partial charge in [0.25, 0.3) is 0 Å². The van der Waals surface area contributed by atoms with E-state index >= 15 is 0 Å². The van der Waals surface area contributed by atoms with Crippen LogP contribution in [-0.2, 0) is 10.8 Å². The quantitative estimate of drug-likeness (QED) is 0.916. The second-order valence-corrected chi connectivity index (χ2v) is 6.39. The fraction of sp³-hybridized carbons (Fsp3) is 0.250. The third kappa shape index (κ3) is 3.14. The van der Waals surface area contributed by atoms with Gasteiger partial charge in [-0.1, -0.05) is 42.5 Å². The molecule has 2 aromatic rings. The van der Waals surface area contributed by atoms with Crippen molar-refractivity contribution in [2.75, 3.05) is 7.05 Å². The maximum absolute atomic E-state index is 13.8. The topological polar surface area (TPSA) is 29.1 Å². The van der Waals surface area contributed by atoms with E-state index < -0.39 is 16.6 Å². The molecule has 20 heavy (non-hydrogen) atoms. The first-order chi connectivity index (χ1) is 9.65. The van der Waals surface area contributed by atoms with E-state index in [1.165, 1.54) is 6.07 Å². The summed E-state index contributed by atoms with van der Waals surface area (Å²) in [7, 11) is 0.418. The lowest BCUT2D eigenvalue weighted by Gasteiger charge is -2.23. The van der Waals surface area contributed by atoms with E-state index in [9.17, 15) is 8.60 Å². The lowest BCUT2D eigenvalue weighted by Crippen LogP contribution is -2.30. The van der Waals surface area contributed by atoms with E-state index in [0.29, 0.717) is 0 Å². The molecule has 0 saturated carbocycles. The highest BCUT2D eigenvalue weighted by Gasteiger charge is 2.25. The van der Waals surface area contributed by atoms with E-state index in [-0.39, 0.29) is 16.2 Å². The minimum absolute atomic E-state index is 0.0864. The molecule has 0 fully saturated rings. The highest BCUT2D eigenvalue weighted by Crippen LogP contribution is 2.25. The Morgan fingerprint density at radius 1 is 1.05 bits per heavy atom. The van der Waals surface area contributed by atoms with Crippen LogP contribution in [0, 0.1) is 5.82 Å². The average molecular weight is 291 g/mol. The Hall–Kier alpha value is -1.52. The molecular weight excluding hydrogens is 273 g/mol. The fourth-order valence-corrected chi connectivity index (χ4v) is 3.68. The fourth-order valence-electron chi connectivity index (χ4n) is 2.26. The van der Waals surface area contributed by atoms with Crippen LogP contribution in [0.5, 0.6) is 0 Å². The summed E-state index contributed by atoms with van der Waals surface area (Å²) < 4.78 is 26.3. The van der Waals surface area contributed by atoms with Crippen molar-refractivity contribution >= 4 is 10.8 Å². The van der Waals surface area contributed by atoms with Gasteiger partial charge in [0, 0.05) is 6.04 Å². The molecule has 0 aliphatic rings. The monoisotopic (exact) mass is 291 g/mol. The van der Waals surface area contributed by atoms with Gasteiger partial charge in [-0.25, -0.2) is 4.39 Å². The van der Waals surface area contributed by atoms with Gasteiger partial charge in [-0.2, -0.15) is 0 Å². The Morgan fingerprint density at radius 3 is 2.25 bits per heavy atom. The van der Waals surface area contributed by atoms with Gasteiger partial charge in [-0.15, -0.1) is 0 Å². The van der Waals surface area contributed by atoms with Crippen molar-refractivity contribution in [3.63, 3.8) is 0 Å². The molecule has 106 valence electrons. The van der Waals surface area contributed by atoms with E-state index in [2.05, 4.69) is 5.32 Å². The van der Waals surface area contributed by atoms with E-state index in [4.69, 9.17) is 0 Å². The van der Waals surface area contributed by atoms with Crippen molar-refractivity contribution in [2.45, 2.75) is 23.1 Å². The summed E-state index contributed by atoms with van der Waals surface area (Å²) >= 11 is 0. The number of benzene rings is 2. The highest BCUT2D eigenvalue weighted by molar-refractivity contribution is 7.85. The summed E-state index contributed by atoms with van der Waals surface area (Å²) in [5.74, 6) is -0.416. The van der Waals surface area contributed by atoms with Crippen LogP contribution in [0.15, 0.2) is 59.5 Å². The van der Waals surface area contributed by atoms with Crippen LogP contribution in [0.1, 0.15) is 18.5 Å². The Bertz CT molecular complexity index is 588. The molecule has 3 unspecified atom stereocenters. The molecule has 0 amide bonds. The van der Waals surface area contributed by atoms with Crippen molar-refractivity contribution in [1.29, 1.82) is 0 Å². The lowest BCUT2D eigenvalue weighted by molar-refractivity contribution is 0.560. The maximum Gasteiger partial charge on any atom is 0.139 e. The van der Waals surface area contributed by atoms with Crippen molar-refractivity contribution in [3.8, 4) is 0 Å². The van der Waals surface area contributed by atoms with Crippen molar-refractivity contribution < 1.29 is 8.60 Å². The lowest BCUT2D eigenvalue weighted by atomic mass is 10.0. The van der Waals surface area contributed by atoms with Crippen LogP contribution in [0.3, 0.4) is 0 Å². The zero-order valence-corrected chi connectivity index (χ0v) is 12.4. The van der Waals surface area contributed by atoms with Gasteiger partial charge in [0.2, 0.25) is 0 Å². The van der Waals surface area contributed by atoms with Gasteiger partial charge in [0.15, 0.2) is 0 Å². The second kappa shape index (κ2) is 6.77. The number of nitrogens with one attached hydrogen (secondary N) is 1. The molecule has 0 aromatic heterocycles. The minimum Gasteiger partial charge on any atom is -0.312 e. The predicted molar refractivity (Wildman–Crippen MR) is 80.5 cm³/mol. The minimum atomic E-state index is -1.41. The Balaban J connectivity index is 2.28. The molecule has 4 heteroatoms. The summed E-state index contributed by atoms with van der Waals surface area (Å²) in [4.78, 5) is 0.260. The number of hydrogen-bond donors (Lipinski definition) is 1. The molecule has 2 nitrogen and oxygen atoms in total. The molecule has 2 aromatic carbocycles. The molecule has 0 spiro atoms. The van der Waals surface area contributed by atoms with Gasteiger partial charge in [-0.05, 0) is 31.7 Å². The normalized spacial score (nSPS) is 15.6. The molecule has 0 heterocycles. The van der Waals surface area contributed by atoms with Gasteiger partial charge in [0.05, 0.1) is 20.9 Å². The largest absolute Gasteiger partial charge is 0.312 e. The Kier molecular flexibility index (Phi) is 5.04. The molecule has 1 N–H and O–H groups in total. The van der Waals surface area contributed by atoms with Crippen molar-refractivity contribution in [2.24, 2.45) is 0 Å². The Morgan fingerprint density at radius 2 is 1.65 bits per heavy atom. The van der Waals surface area contributed by atoms with E-state index in [0.717, 1.165) is 5.56 Å². The third-order valence-corrected chi connectivity index (χ3v) is 5.04. The summed E-state index contributed by atoms with van der Waals surface area (Å²) in [6, 6.07) is 15.9. The van der Waals surface area contributed by atoms with Crippen LogP contribution in [0.25, 0.3) is 0 Å². The standard InChI is InChI=1S/C16H18FNOS/c1-12(16(18-2)13-8-4-3-5-9-13)20(19)15-11-7-6-10-14(15)17/h3-12,16,18H,1-2H3. The van der Waals surface area contributed by atoms with Crippen LogP contribution < -0.4 is 5.32 Å². The zero-order chi connectivity index (χ0) is 14.5. The second-order valence-electron chi connectivity index (χ2n) is 4.61. The molecule has 0 aliphatic carbocycles. The van der Waals surface area contributed by atoms with Crippen LogP contribution in [0.2, 0.25) is 0 Å². The first-order valence-electron chi connectivity index (χ1n) is 6.52. The van der Waals surface area contributed by atoms with Crippen molar-refractivity contribution in [1.82, 2.24) is 5.32 Å². The summed E-state index contributed by atoms with van der Waals surface area (Å²) in [6.07, 6.45) is 0. The summed E-state index contributed by atoms with van der Waals surface area (Å²) in [5, 5.41) is 2.94. The smallest absolute Gasteiger partial charge is 0.139 e. The summed E-state index contributed by atoms with van der Waals surface area (Å²) in [5.41, 5.74) is 1.05. The highest BCUT2D eigenvalue weighted by atomic mass is 32.2.